The van der Waals surface area contributed by atoms with E-state index in [4.69, 9.17) is 4.74 Å². The van der Waals surface area contributed by atoms with Crippen molar-refractivity contribution in [1.82, 2.24) is 15.1 Å². The number of carboxylic acid groups (broad SMARTS) is 1. The summed E-state index contributed by atoms with van der Waals surface area (Å²) in [5.74, 6) is -0.0344. The fourth-order valence-electron chi connectivity index (χ4n) is 2.78. The number of carboxylic acids is 1. The maximum absolute atomic E-state index is 11.5. The lowest BCUT2D eigenvalue weighted by Crippen LogP contribution is -2.50. The van der Waals surface area contributed by atoms with Gasteiger partial charge in [-0.2, -0.15) is 5.10 Å². The highest BCUT2D eigenvalue weighted by Crippen LogP contribution is 2.38. The van der Waals surface area contributed by atoms with E-state index >= 15 is 0 Å². The highest BCUT2D eigenvalue weighted by Gasteiger charge is 2.45. The molecule has 0 aliphatic heterocycles. The molecule has 1 saturated carbocycles. The van der Waals surface area contributed by atoms with Gasteiger partial charge in [0.2, 0.25) is 0 Å². The fraction of sp³-hybridized carbons (Fsp3) is 0.692. The van der Waals surface area contributed by atoms with Crippen molar-refractivity contribution in [2.75, 3.05) is 13.2 Å². The van der Waals surface area contributed by atoms with Crippen LogP contribution in [-0.4, -0.2) is 39.5 Å². The minimum absolute atomic E-state index is 0.115. The molecule has 0 spiro atoms. The zero-order chi connectivity index (χ0) is 13.9. The molecule has 2 atom stereocenters. The van der Waals surface area contributed by atoms with Crippen LogP contribution in [0.4, 0.5) is 0 Å². The van der Waals surface area contributed by atoms with Gasteiger partial charge >= 0.3 is 5.97 Å². The van der Waals surface area contributed by atoms with Crippen molar-refractivity contribution in [1.29, 1.82) is 0 Å². The Morgan fingerprint density at radius 1 is 1.68 bits per heavy atom. The maximum Gasteiger partial charge on any atom is 0.323 e. The van der Waals surface area contributed by atoms with E-state index in [0.29, 0.717) is 26.0 Å². The zero-order valence-electron chi connectivity index (χ0n) is 11.4. The van der Waals surface area contributed by atoms with Gasteiger partial charge in [0.05, 0.1) is 25.0 Å². The number of likely N-dealkylation sites (N-methyl/N-ethyl adjacent to an activating group) is 1. The molecule has 106 valence electrons. The standard InChI is InChI=1S/C13H21N3O3/c1-3-14-13(12(17)18)6-5-10(7-13)16-9-11(8-15-16)19-4-2/h8-10,14H,3-7H2,1-2H3,(H,17,18). The Labute approximate surface area is 112 Å². The maximum atomic E-state index is 11.5. The minimum Gasteiger partial charge on any atom is -0.491 e. The van der Waals surface area contributed by atoms with Crippen LogP contribution in [0.2, 0.25) is 0 Å². The highest BCUT2D eigenvalue weighted by atomic mass is 16.5. The van der Waals surface area contributed by atoms with E-state index in [1.54, 1.807) is 6.20 Å². The van der Waals surface area contributed by atoms with E-state index < -0.39 is 11.5 Å². The SMILES string of the molecule is CCNC1(C(=O)O)CCC(n2cc(OCC)cn2)C1. The van der Waals surface area contributed by atoms with Crippen molar-refractivity contribution < 1.29 is 14.6 Å². The van der Waals surface area contributed by atoms with Crippen molar-refractivity contribution in [3.05, 3.63) is 12.4 Å². The Morgan fingerprint density at radius 2 is 2.47 bits per heavy atom. The van der Waals surface area contributed by atoms with Crippen LogP contribution < -0.4 is 10.1 Å². The average molecular weight is 267 g/mol. The third-order valence-electron chi connectivity index (χ3n) is 3.68. The molecule has 0 aromatic carbocycles. The van der Waals surface area contributed by atoms with E-state index in [1.807, 2.05) is 24.7 Å². The molecule has 19 heavy (non-hydrogen) atoms. The third kappa shape index (κ3) is 2.73. The number of nitrogens with one attached hydrogen (secondary N) is 1. The molecule has 0 radical (unpaired) electrons. The molecule has 2 N–H and O–H groups in total. The van der Waals surface area contributed by atoms with Crippen molar-refractivity contribution in [3.63, 3.8) is 0 Å². The molecule has 1 aliphatic rings. The topological polar surface area (TPSA) is 76.4 Å². The number of ether oxygens (including phenoxy) is 1. The number of aliphatic carboxylic acids is 1. The molecule has 1 fully saturated rings. The number of nitrogens with zero attached hydrogens (tertiary/aromatic N) is 2. The van der Waals surface area contributed by atoms with Gasteiger partial charge in [-0.25, -0.2) is 0 Å². The summed E-state index contributed by atoms with van der Waals surface area (Å²) in [5, 5.41) is 16.8. The number of aromatic nitrogens is 2. The number of carbonyl (C=O) groups is 1. The summed E-state index contributed by atoms with van der Waals surface area (Å²) < 4.78 is 7.20. The molecule has 2 unspecified atom stereocenters. The zero-order valence-corrected chi connectivity index (χ0v) is 11.4. The van der Waals surface area contributed by atoms with Gasteiger partial charge in [0, 0.05) is 0 Å². The first kappa shape index (κ1) is 13.9. The van der Waals surface area contributed by atoms with Crippen LogP contribution in [0, 0.1) is 0 Å². The van der Waals surface area contributed by atoms with Crippen molar-refractivity contribution in [2.45, 2.75) is 44.7 Å². The van der Waals surface area contributed by atoms with Gasteiger partial charge in [0.1, 0.15) is 5.54 Å². The van der Waals surface area contributed by atoms with Crippen LogP contribution in [-0.2, 0) is 4.79 Å². The lowest BCUT2D eigenvalue weighted by atomic mass is 9.97. The van der Waals surface area contributed by atoms with E-state index in [2.05, 4.69) is 10.4 Å². The van der Waals surface area contributed by atoms with Crippen LogP contribution in [0.25, 0.3) is 0 Å². The largest absolute Gasteiger partial charge is 0.491 e. The second kappa shape index (κ2) is 5.61. The smallest absolute Gasteiger partial charge is 0.323 e. The third-order valence-corrected chi connectivity index (χ3v) is 3.68. The Bertz CT molecular complexity index is 446. The second-order valence-electron chi connectivity index (χ2n) is 4.90. The molecule has 0 saturated heterocycles. The summed E-state index contributed by atoms with van der Waals surface area (Å²) in [6, 6.07) is 0.115. The molecule has 1 aliphatic carbocycles. The first-order valence-corrected chi connectivity index (χ1v) is 6.76. The number of hydrogen-bond acceptors (Lipinski definition) is 4. The molecule has 1 aromatic rings. The van der Waals surface area contributed by atoms with Crippen molar-refractivity contribution >= 4 is 5.97 Å². The quantitative estimate of drug-likeness (QED) is 0.815. The summed E-state index contributed by atoms with van der Waals surface area (Å²) in [4.78, 5) is 11.5. The lowest BCUT2D eigenvalue weighted by molar-refractivity contribution is -0.144. The molecule has 0 amide bonds. The molecular formula is C13H21N3O3. The van der Waals surface area contributed by atoms with Crippen LogP contribution in [0.3, 0.4) is 0 Å². The number of hydrogen-bond donors (Lipinski definition) is 2. The lowest BCUT2D eigenvalue weighted by Gasteiger charge is -2.25. The van der Waals surface area contributed by atoms with Gasteiger partial charge in [-0.05, 0) is 32.7 Å². The van der Waals surface area contributed by atoms with Gasteiger partial charge < -0.3 is 15.2 Å². The van der Waals surface area contributed by atoms with E-state index in [1.165, 1.54) is 0 Å². The van der Waals surface area contributed by atoms with Crippen molar-refractivity contribution in [2.24, 2.45) is 0 Å². The molecule has 6 nitrogen and oxygen atoms in total. The molecular weight excluding hydrogens is 246 g/mol. The molecule has 6 heteroatoms. The van der Waals surface area contributed by atoms with Gasteiger partial charge in [0.25, 0.3) is 0 Å². The summed E-state index contributed by atoms with van der Waals surface area (Å²) in [6.45, 7) is 5.11. The first-order valence-electron chi connectivity index (χ1n) is 6.76. The van der Waals surface area contributed by atoms with Crippen LogP contribution >= 0.6 is 0 Å². The Balaban J connectivity index is 2.09. The van der Waals surface area contributed by atoms with Gasteiger partial charge in [0.15, 0.2) is 5.75 Å². The highest BCUT2D eigenvalue weighted by molar-refractivity contribution is 5.79. The number of rotatable bonds is 6. The monoisotopic (exact) mass is 267 g/mol. The fourth-order valence-corrected chi connectivity index (χ4v) is 2.78. The van der Waals surface area contributed by atoms with Crippen LogP contribution in [0.5, 0.6) is 5.75 Å². The predicted molar refractivity (Wildman–Crippen MR) is 70.3 cm³/mol. The Kier molecular flexibility index (Phi) is 4.09. The molecule has 1 aromatic heterocycles. The molecule has 1 heterocycles. The van der Waals surface area contributed by atoms with E-state index in [9.17, 15) is 9.90 Å². The van der Waals surface area contributed by atoms with Gasteiger partial charge in [-0.15, -0.1) is 0 Å². The Hall–Kier alpha value is -1.56. The Morgan fingerprint density at radius 3 is 3.11 bits per heavy atom. The summed E-state index contributed by atoms with van der Waals surface area (Å²) in [7, 11) is 0. The minimum atomic E-state index is -0.808. The van der Waals surface area contributed by atoms with Crippen LogP contribution in [0.1, 0.15) is 39.2 Å². The van der Waals surface area contributed by atoms with Gasteiger partial charge in [-0.3, -0.25) is 9.48 Å². The van der Waals surface area contributed by atoms with E-state index in [0.717, 1.165) is 12.2 Å². The summed E-state index contributed by atoms with van der Waals surface area (Å²) in [5.41, 5.74) is -0.808. The summed E-state index contributed by atoms with van der Waals surface area (Å²) in [6.07, 6.45) is 5.52. The van der Waals surface area contributed by atoms with Crippen LogP contribution in [0.15, 0.2) is 12.4 Å². The van der Waals surface area contributed by atoms with Gasteiger partial charge in [-0.1, -0.05) is 6.92 Å². The van der Waals surface area contributed by atoms with Crippen molar-refractivity contribution in [3.8, 4) is 5.75 Å². The average Bonchev–Trinajstić information content (AvgIpc) is 2.97. The molecule has 0 bridgehead atoms. The normalized spacial score (nSPS) is 26.5. The second-order valence-corrected chi connectivity index (χ2v) is 4.90. The first-order chi connectivity index (χ1) is 9.11. The molecule has 2 rings (SSSR count). The predicted octanol–water partition coefficient (Wildman–Crippen LogP) is 1.44. The van der Waals surface area contributed by atoms with E-state index in [-0.39, 0.29) is 6.04 Å². The summed E-state index contributed by atoms with van der Waals surface area (Å²) >= 11 is 0.